The van der Waals surface area contributed by atoms with Gasteiger partial charge in [0.15, 0.2) is 0 Å². The molecule has 6 nitrogen and oxygen atoms in total. The summed E-state index contributed by atoms with van der Waals surface area (Å²) in [4.78, 5) is 23.2. The number of nitrogens with zero attached hydrogens (tertiary/aromatic N) is 1. The van der Waals surface area contributed by atoms with Crippen LogP contribution in [0.3, 0.4) is 0 Å². The van der Waals surface area contributed by atoms with Crippen molar-refractivity contribution in [2.75, 3.05) is 12.4 Å². The Morgan fingerprint density at radius 2 is 2.08 bits per heavy atom. The minimum Gasteiger partial charge on any atom is -0.494 e. The molecule has 9 heteroatoms. The van der Waals surface area contributed by atoms with Gasteiger partial charge in [-0.05, 0) is 31.2 Å². The van der Waals surface area contributed by atoms with Gasteiger partial charge in [0.1, 0.15) is 11.6 Å². The fourth-order valence-corrected chi connectivity index (χ4v) is 3.09. The van der Waals surface area contributed by atoms with Crippen LogP contribution in [-0.2, 0) is 4.79 Å². The van der Waals surface area contributed by atoms with E-state index in [-0.39, 0.29) is 22.4 Å². The average molecular weight is 385 g/mol. The van der Waals surface area contributed by atoms with E-state index in [0.29, 0.717) is 10.6 Å². The third kappa shape index (κ3) is 4.83. The molecule has 0 unspecified atom stereocenters. The summed E-state index contributed by atoms with van der Waals surface area (Å²) in [6.45, 7) is 1.68. The van der Waals surface area contributed by atoms with Crippen LogP contribution in [0.2, 0.25) is 5.02 Å². The first-order valence-corrected chi connectivity index (χ1v) is 8.32. The second-order valence-corrected chi connectivity index (χ2v) is 6.79. The van der Waals surface area contributed by atoms with Gasteiger partial charge in [0.05, 0.1) is 34.1 Å². The van der Waals surface area contributed by atoms with E-state index in [1.165, 1.54) is 55.3 Å². The molecule has 25 heavy (non-hydrogen) atoms. The zero-order chi connectivity index (χ0) is 18.6. The SMILES string of the molecule is COc1cc([N+](=O)[O-])ccc1NC(=O)[C@H](C)Sc1ccc(F)c(Cl)c1. The Kier molecular flexibility index (Phi) is 6.22. The van der Waals surface area contributed by atoms with Gasteiger partial charge in [-0.3, -0.25) is 14.9 Å². The van der Waals surface area contributed by atoms with Crippen molar-refractivity contribution in [1.82, 2.24) is 0 Å². The number of nitro benzene ring substituents is 1. The van der Waals surface area contributed by atoms with Gasteiger partial charge in [0.2, 0.25) is 5.91 Å². The maximum atomic E-state index is 13.2. The Bertz CT molecular complexity index is 819. The number of carbonyl (C=O) groups excluding carboxylic acids is 1. The van der Waals surface area contributed by atoms with Crippen LogP contribution >= 0.6 is 23.4 Å². The number of rotatable bonds is 6. The largest absolute Gasteiger partial charge is 0.494 e. The summed E-state index contributed by atoms with van der Waals surface area (Å²) in [6, 6.07) is 8.11. The lowest BCUT2D eigenvalue weighted by molar-refractivity contribution is -0.384. The number of amides is 1. The first-order chi connectivity index (χ1) is 11.8. The highest BCUT2D eigenvalue weighted by Gasteiger charge is 2.18. The number of carbonyl (C=O) groups is 1. The van der Waals surface area contributed by atoms with Gasteiger partial charge in [-0.15, -0.1) is 11.8 Å². The summed E-state index contributed by atoms with van der Waals surface area (Å²) in [5.74, 6) is -0.680. The monoisotopic (exact) mass is 384 g/mol. The highest BCUT2D eigenvalue weighted by molar-refractivity contribution is 8.00. The topological polar surface area (TPSA) is 81.5 Å². The van der Waals surface area contributed by atoms with Crippen LogP contribution in [0.4, 0.5) is 15.8 Å². The molecule has 0 saturated carbocycles. The maximum absolute atomic E-state index is 13.2. The highest BCUT2D eigenvalue weighted by atomic mass is 35.5. The number of hydrogen-bond donors (Lipinski definition) is 1. The molecule has 1 atom stereocenters. The molecule has 1 N–H and O–H groups in total. The van der Waals surface area contributed by atoms with Crippen LogP contribution in [0.15, 0.2) is 41.3 Å². The molecule has 0 aliphatic heterocycles. The molecule has 0 aliphatic rings. The van der Waals surface area contributed by atoms with E-state index in [1.54, 1.807) is 6.92 Å². The van der Waals surface area contributed by atoms with Crippen molar-refractivity contribution in [2.45, 2.75) is 17.1 Å². The van der Waals surface area contributed by atoms with Gasteiger partial charge in [0, 0.05) is 11.0 Å². The minimum atomic E-state index is -0.551. The molecule has 0 bridgehead atoms. The quantitative estimate of drug-likeness (QED) is 0.450. The van der Waals surface area contributed by atoms with Gasteiger partial charge >= 0.3 is 0 Å². The van der Waals surface area contributed by atoms with E-state index < -0.39 is 16.0 Å². The minimum absolute atomic E-state index is 0.0188. The number of anilines is 1. The molecule has 2 aromatic carbocycles. The maximum Gasteiger partial charge on any atom is 0.273 e. The molecule has 0 spiro atoms. The molecule has 2 aromatic rings. The second-order valence-electron chi connectivity index (χ2n) is 4.97. The van der Waals surface area contributed by atoms with Crippen LogP contribution in [0, 0.1) is 15.9 Å². The Hall–Kier alpha value is -2.32. The van der Waals surface area contributed by atoms with Crippen molar-refractivity contribution >= 4 is 40.6 Å². The van der Waals surface area contributed by atoms with Crippen LogP contribution in [-0.4, -0.2) is 23.2 Å². The van der Waals surface area contributed by atoms with Crippen molar-refractivity contribution in [1.29, 1.82) is 0 Å². The van der Waals surface area contributed by atoms with Crippen molar-refractivity contribution in [3.8, 4) is 5.75 Å². The van der Waals surface area contributed by atoms with Gasteiger partial charge < -0.3 is 10.1 Å². The van der Waals surface area contributed by atoms with Crippen molar-refractivity contribution in [3.63, 3.8) is 0 Å². The molecule has 0 aliphatic carbocycles. The van der Waals surface area contributed by atoms with Gasteiger partial charge in [-0.25, -0.2) is 4.39 Å². The Morgan fingerprint density at radius 3 is 2.68 bits per heavy atom. The normalized spacial score (nSPS) is 11.7. The smallest absolute Gasteiger partial charge is 0.273 e. The van der Waals surface area contributed by atoms with E-state index in [0.717, 1.165) is 0 Å². The van der Waals surface area contributed by atoms with Gasteiger partial charge in [-0.2, -0.15) is 0 Å². The number of hydrogen-bond acceptors (Lipinski definition) is 5. The summed E-state index contributed by atoms with van der Waals surface area (Å²) >= 11 is 6.93. The number of non-ortho nitro benzene ring substituents is 1. The molecule has 2 rings (SSSR count). The summed E-state index contributed by atoms with van der Waals surface area (Å²) < 4.78 is 18.3. The van der Waals surface area contributed by atoms with Crippen molar-refractivity contribution < 1.29 is 18.8 Å². The lowest BCUT2D eigenvalue weighted by Gasteiger charge is -2.14. The first kappa shape index (κ1) is 19.0. The fourth-order valence-electron chi connectivity index (χ4n) is 1.94. The number of halogens is 2. The van der Waals surface area contributed by atoms with Gasteiger partial charge in [0.25, 0.3) is 5.69 Å². The Morgan fingerprint density at radius 1 is 1.36 bits per heavy atom. The summed E-state index contributed by atoms with van der Waals surface area (Å²) in [5, 5.41) is 12.9. The zero-order valence-corrected chi connectivity index (χ0v) is 14.9. The van der Waals surface area contributed by atoms with E-state index in [1.807, 2.05) is 0 Å². The van der Waals surface area contributed by atoms with Crippen molar-refractivity contribution in [3.05, 3.63) is 57.4 Å². The number of nitrogens with one attached hydrogen (secondary N) is 1. The molecule has 0 saturated heterocycles. The molecule has 1 amide bonds. The standard InChI is InChI=1S/C16H14ClFN2O4S/c1-9(25-11-4-5-13(18)12(17)8-11)16(21)19-14-6-3-10(20(22)23)7-15(14)24-2/h3-9H,1-2H3,(H,19,21)/t9-/m0/s1. The highest BCUT2D eigenvalue weighted by Crippen LogP contribution is 2.31. The molecular weight excluding hydrogens is 371 g/mol. The molecular formula is C16H14ClFN2O4S. The fraction of sp³-hybridized carbons (Fsp3) is 0.188. The van der Waals surface area contributed by atoms with E-state index in [9.17, 15) is 19.3 Å². The van der Waals surface area contributed by atoms with Crippen molar-refractivity contribution in [2.24, 2.45) is 0 Å². The number of ether oxygens (including phenoxy) is 1. The van der Waals surface area contributed by atoms with Crippen LogP contribution < -0.4 is 10.1 Å². The summed E-state index contributed by atoms with van der Waals surface area (Å²) in [5.41, 5.74) is 0.181. The Labute approximate surface area is 152 Å². The number of thioether (sulfide) groups is 1. The zero-order valence-electron chi connectivity index (χ0n) is 13.3. The number of benzene rings is 2. The van der Waals surface area contributed by atoms with E-state index >= 15 is 0 Å². The van der Waals surface area contributed by atoms with E-state index in [2.05, 4.69) is 5.32 Å². The van der Waals surface area contributed by atoms with Crippen LogP contribution in [0.1, 0.15) is 6.92 Å². The van der Waals surface area contributed by atoms with E-state index in [4.69, 9.17) is 16.3 Å². The lowest BCUT2D eigenvalue weighted by atomic mass is 10.2. The second kappa shape index (κ2) is 8.17. The lowest BCUT2D eigenvalue weighted by Crippen LogP contribution is -2.22. The van der Waals surface area contributed by atoms with Crippen LogP contribution in [0.5, 0.6) is 5.75 Å². The van der Waals surface area contributed by atoms with Gasteiger partial charge in [-0.1, -0.05) is 11.6 Å². The predicted octanol–water partition coefficient (Wildman–Crippen LogP) is 4.52. The molecule has 0 fully saturated rings. The summed E-state index contributed by atoms with van der Waals surface area (Å²) in [7, 11) is 1.35. The average Bonchev–Trinajstić information content (AvgIpc) is 2.58. The third-order valence-corrected chi connectivity index (χ3v) is 4.61. The first-order valence-electron chi connectivity index (χ1n) is 7.07. The predicted molar refractivity (Wildman–Crippen MR) is 95.0 cm³/mol. The van der Waals surface area contributed by atoms with Crippen LogP contribution in [0.25, 0.3) is 0 Å². The molecule has 132 valence electrons. The number of nitro groups is 1. The Balaban J connectivity index is 2.10. The molecule has 0 radical (unpaired) electrons. The molecule has 0 heterocycles. The third-order valence-electron chi connectivity index (χ3n) is 3.23. The molecule has 0 aromatic heterocycles. The summed E-state index contributed by atoms with van der Waals surface area (Å²) in [6.07, 6.45) is 0. The number of methoxy groups -OCH3 is 1.